The van der Waals surface area contributed by atoms with Gasteiger partial charge in [0.2, 0.25) is 10.0 Å². The predicted octanol–water partition coefficient (Wildman–Crippen LogP) is 2.85. The van der Waals surface area contributed by atoms with Crippen LogP contribution in [0.15, 0.2) is 48.5 Å². The van der Waals surface area contributed by atoms with E-state index in [4.69, 9.17) is 4.74 Å². The van der Waals surface area contributed by atoms with Gasteiger partial charge < -0.3 is 10.1 Å². The van der Waals surface area contributed by atoms with Crippen LogP contribution in [0.5, 0.6) is 5.75 Å². The number of amides is 1. The van der Waals surface area contributed by atoms with E-state index in [-0.39, 0.29) is 12.5 Å². The van der Waals surface area contributed by atoms with E-state index in [2.05, 4.69) is 15.0 Å². The fourth-order valence-corrected chi connectivity index (χ4v) is 3.39. The number of carbonyl (C=O) groups excluding carboxylic acids is 1. The summed E-state index contributed by atoms with van der Waals surface area (Å²) in [6, 6.07) is 14.2. The van der Waals surface area contributed by atoms with E-state index in [1.54, 1.807) is 38.3 Å². The van der Waals surface area contributed by atoms with E-state index >= 15 is 0 Å². The van der Waals surface area contributed by atoms with Crippen LogP contribution in [0.3, 0.4) is 0 Å². The number of aromatic nitrogens is 1. The molecule has 7 nitrogen and oxygen atoms in total. The molecule has 0 fully saturated rings. The van der Waals surface area contributed by atoms with Gasteiger partial charge >= 0.3 is 0 Å². The van der Waals surface area contributed by atoms with Gasteiger partial charge in [-0.2, -0.15) is 0 Å². The smallest absolute Gasteiger partial charge is 0.253 e. The van der Waals surface area contributed by atoms with Crippen LogP contribution in [-0.2, 0) is 16.6 Å². The van der Waals surface area contributed by atoms with Crippen LogP contribution in [0.25, 0.3) is 10.9 Å². The highest BCUT2D eigenvalue weighted by molar-refractivity contribution is 7.92. The van der Waals surface area contributed by atoms with Gasteiger partial charge in [0.15, 0.2) is 0 Å². The number of anilines is 1. The highest BCUT2D eigenvalue weighted by Gasteiger charge is 2.12. The largest absolute Gasteiger partial charge is 0.497 e. The molecule has 0 aliphatic heterocycles. The second-order valence-corrected chi connectivity index (χ2v) is 8.19. The molecule has 1 aromatic heterocycles. The van der Waals surface area contributed by atoms with Gasteiger partial charge in [0.25, 0.3) is 5.91 Å². The molecule has 2 aromatic carbocycles. The van der Waals surface area contributed by atoms with Crippen LogP contribution < -0.4 is 14.8 Å². The molecule has 0 saturated heterocycles. The summed E-state index contributed by atoms with van der Waals surface area (Å²) in [6.07, 6.45) is 1.09. The summed E-state index contributed by atoms with van der Waals surface area (Å²) in [7, 11) is -1.76. The molecule has 0 saturated carbocycles. The Morgan fingerprint density at radius 3 is 2.64 bits per heavy atom. The third-order valence-electron chi connectivity index (χ3n) is 4.14. The zero-order valence-corrected chi connectivity index (χ0v) is 16.6. The quantitative estimate of drug-likeness (QED) is 0.664. The Labute approximate surface area is 163 Å². The number of sulfonamides is 1. The molecule has 0 atom stereocenters. The van der Waals surface area contributed by atoms with Crippen molar-refractivity contribution in [1.82, 2.24) is 10.3 Å². The molecule has 8 heteroatoms. The van der Waals surface area contributed by atoms with Crippen molar-refractivity contribution < 1.29 is 17.9 Å². The van der Waals surface area contributed by atoms with Gasteiger partial charge in [-0.1, -0.05) is 12.1 Å². The lowest BCUT2D eigenvalue weighted by atomic mass is 10.1. The van der Waals surface area contributed by atoms with Crippen molar-refractivity contribution in [3.05, 3.63) is 65.4 Å². The Bertz CT molecular complexity index is 1140. The van der Waals surface area contributed by atoms with Crippen LogP contribution >= 0.6 is 0 Å². The third kappa shape index (κ3) is 4.77. The number of rotatable bonds is 6. The zero-order chi connectivity index (χ0) is 20.3. The van der Waals surface area contributed by atoms with Crippen molar-refractivity contribution in [3.63, 3.8) is 0 Å². The van der Waals surface area contributed by atoms with Crippen LogP contribution in [0.1, 0.15) is 21.6 Å². The van der Waals surface area contributed by atoms with Crippen LogP contribution in [0.2, 0.25) is 0 Å². The first-order chi connectivity index (χ1) is 13.2. The van der Waals surface area contributed by atoms with Gasteiger partial charge in [0.1, 0.15) is 5.75 Å². The molecule has 28 heavy (non-hydrogen) atoms. The molecule has 0 radical (unpaired) electrons. The maximum Gasteiger partial charge on any atom is 0.253 e. The van der Waals surface area contributed by atoms with Crippen LogP contribution in [-0.4, -0.2) is 32.7 Å². The van der Waals surface area contributed by atoms with E-state index in [0.29, 0.717) is 22.7 Å². The van der Waals surface area contributed by atoms with Crippen LogP contribution in [0, 0.1) is 6.92 Å². The molecule has 1 heterocycles. The maximum absolute atomic E-state index is 12.6. The van der Waals surface area contributed by atoms with E-state index in [9.17, 15) is 13.2 Å². The summed E-state index contributed by atoms with van der Waals surface area (Å²) in [5, 5.41) is 3.70. The van der Waals surface area contributed by atoms with Crippen molar-refractivity contribution >= 4 is 32.5 Å². The molecule has 0 aliphatic rings. The average molecular weight is 399 g/mol. The Morgan fingerprint density at radius 2 is 1.93 bits per heavy atom. The number of ether oxygens (including phenoxy) is 1. The summed E-state index contributed by atoms with van der Waals surface area (Å²) >= 11 is 0. The summed E-state index contributed by atoms with van der Waals surface area (Å²) in [6.45, 7) is 2.04. The molecule has 3 aromatic rings. The molecular weight excluding hydrogens is 378 g/mol. The molecule has 0 spiro atoms. The van der Waals surface area contributed by atoms with Gasteiger partial charge in [-0.15, -0.1) is 0 Å². The maximum atomic E-state index is 12.6. The van der Waals surface area contributed by atoms with E-state index in [1.807, 2.05) is 24.3 Å². The Balaban J connectivity index is 1.76. The molecule has 3 rings (SSSR count). The zero-order valence-electron chi connectivity index (χ0n) is 15.8. The van der Waals surface area contributed by atoms with E-state index in [1.165, 1.54) is 0 Å². The fraction of sp³-hybridized carbons (Fsp3) is 0.200. The summed E-state index contributed by atoms with van der Waals surface area (Å²) in [5.74, 6) is 0.461. The summed E-state index contributed by atoms with van der Waals surface area (Å²) in [5.41, 5.74) is 3.09. The van der Waals surface area contributed by atoms with Gasteiger partial charge in [-0.3, -0.25) is 14.5 Å². The van der Waals surface area contributed by atoms with E-state index in [0.717, 1.165) is 22.7 Å². The number of aryl methyl sites for hydroxylation is 1. The number of nitrogens with zero attached hydrogens (tertiary/aromatic N) is 1. The number of carbonyl (C=O) groups is 1. The lowest BCUT2D eigenvalue weighted by Gasteiger charge is -2.11. The highest BCUT2D eigenvalue weighted by Crippen LogP contribution is 2.22. The van der Waals surface area contributed by atoms with Gasteiger partial charge in [0.05, 0.1) is 30.1 Å². The molecular formula is C20H21N3O4S. The lowest BCUT2D eigenvalue weighted by Crippen LogP contribution is -2.24. The number of pyridine rings is 1. The first-order valence-corrected chi connectivity index (χ1v) is 10.4. The number of benzene rings is 2. The number of fused-ring (bicyclic) bond motifs is 1. The standard InChI is InChI=1S/C20H21N3O4S/c1-13-18(10-15-7-8-17(27-2)11-19(15)22-13)20(24)21-12-14-5-4-6-16(9-14)23-28(3,25)26/h4-11,23H,12H2,1-3H3,(H,21,24). The molecule has 0 aliphatic carbocycles. The number of nitrogens with one attached hydrogen (secondary N) is 2. The fourth-order valence-electron chi connectivity index (χ4n) is 2.84. The predicted molar refractivity (Wildman–Crippen MR) is 109 cm³/mol. The van der Waals surface area contributed by atoms with Gasteiger partial charge in [-0.25, -0.2) is 8.42 Å². The monoisotopic (exact) mass is 399 g/mol. The lowest BCUT2D eigenvalue weighted by molar-refractivity contribution is 0.0950. The second kappa shape index (κ2) is 7.85. The third-order valence-corrected chi connectivity index (χ3v) is 4.75. The van der Waals surface area contributed by atoms with Gasteiger partial charge in [-0.05, 0) is 42.8 Å². The van der Waals surface area contributed by atoms with E-state index < -0.39 is 10.0 Å². The SMILES string of the molecule is COc1ccc2cc(C(=O)NCc3cccc(NS(C)(=O)=O)c3)c(C)nc2c1. The Kier molecular flexibility index (Phi) is 5.51. The first kappa shape index (κ1) is 19.6. The minimum atomic E-state index is -3.35. The first-order valence-electron chi connectivity index (χ1n) is 8.55. The Morgan fingerprint density at radius 1 is 1.14 bits per heavy atom. The molecule has 146 valence electrons. The molecule has 0 bridgehead atoms. The van der Waals surface area contributed by atoms with Crippen LogP contribution in [0.4, 0.5) is 5.69 Å². The highest BCUT2D eigenvalue weighted by atomic mass is 32.2. The number of hydrogen-bond acceptors (Lipinski definition) is 5. The normalized spacial score (nSPS) is 11.2. The molecule has 1 amide bonds. The van der Waals surface area contributed by atoms with Crippen molar-refractivity contribution in [2.75, 3.05) is 18.1 Å². The van der Waals surface area contributed by atoms with Crippen molar-refractivity contribution in [1.29, 1.82) is 0 Å². The summed E-state index contributed by atoms with van der Waals surface area (Å²) < 4.78 is 30.3. The van der Waals surface area contributed by atoms with Crippen molar-refractivity contribution in [2.24, 2.45) is 0 Å². The topological polar surface area (TPSA) is 97.4 Å². The Hall–Kier alpha value is -3.13. The molecule has 0 unspecified atom stereocenters. The van der Waals surface area contributed by atoms with Crippen molar-refractivity contribution in [3.8, 4) is 5.75 Å². The molecule has 2 N–H and O–H groups in total. The average Bonchev–Trinajstić information content (AvgIpc) is 2.64. The van der Waals surface area contributed by atoms with Crippen molar-refractivity contribution in [2.45, 2.75) is 13.5 Å². The number of hydrogen-bond donors (Lipinski definition) is 2. The second-order valence-electron chi connectivity index (χ2n) is 6.44. The van der Waals surface area contributed by atoms with Gasteiger partial charge in [0, 0.05) is 23.7 Å². The summed E-state index contributed by atoms with van der Waals surface area (Å²) in [4.78, 5) is 17.1. The number of methoxy groups -OCH3 is 1. The minimum absolute atomic E-state index is 0.246. The minimum Gasteiger partial charge on any atom is -0.497 e.